The number of rotatable bonds is 15. The first kappa shape index (κ1) is 35.4. The second kappa shape index (κ2) is 16.1. The predicted octanol–water partition coefficient (Wildman–Crippen LogP) is 6.63. The van der Waals surface area contributed by atoms with Crippen LogP contribution in [0.15, 0.2) is 84.9 Å². The molecule has 0 unspecified atom stereocenters. The van der Waals surface area contributed by atoms with Gasteiger partial charge in [-0.15, -0.1) is 0 Å². The Kier molecular flexibility index (Phi) is 11.2. The van der Waals surface area contributed by atoms with Crippen LogP contribution >= 0.6 is 0 Å². The van der Waals surface area contributed by atoms with Crippen molar-refractivity contribution in [3.05, 3.63) is 107 Å². The first-order valence-electron chi connectivity index (χ1n) is 17.1. The third-order valence-electron chi connectivity index (χ3n) is 8.82. The number of para-hydroxylation sites is 2. The van der Waals surface area contributed by atoms with Crippen molar-refractivity contribution in [3.8, 4) is 22.5 Å². The van der Waals surface area contributed by atoms with E-state index in [9.17, 15) is 9.59 Å². The molecule has 0 radical (unpaired) electrons. The molecule has 2 heterocycles. The van der Waals surface area contributed by atoms with Gasteiger partial charge in [0.05, 0.1) is 40.7 Å². The molecule has 0 atom stereocenters. The van der Waals surface area contributed by atoms with E-state index in [4.69, 9.17) is 25.1 Å². The molecule has 0 spiro atoms. The Labute approximate surface area is 295 Å². The summed E-state index contributed by atoms with van der Waals surface area (Å²) in [5.74, 6) is 1.00. The highest BCUT2D eigenvalue weighted by Crippen LogP contribution is 2.31. The van der Waals surface area contributed by atoms with Gasteiger partial charge in [0.1, 0.15) is 18.2 Å². The number of carbonyl (C=O) groups excluding carboxylic acids is 2. The van der Waals surface area contributed by atoms with Crippen LogP contribution in [0.3, 0.4) is 0 Å². The summed E-state index contributed by atoms with van der Waals surface area (Å²) < 4.78 is 9.59. The number of carbonyl (C=O) groups is 2. The van der Waals surface area contributed by atoms with Gasteiger partial charge in [0, 0.05) is 31.1 Å². The molecule has 6 rings (SSSR count). The number of imidazole rings is 2. The molecule has 51 heavy (non-hydrogen) atoms. The quantitative estimate of drug-likeness (QED) is 0.0614. The minimum atomic E-state index is -0.567. The molecule has 0 aliphatic rings. The Bertz CT molecular complexity index is 2150. The molecule has 0 aliphatic heterocycles. The number of nitrogens with one attached hydrogen (secondary N) is 1. The standard InChI is InChI=1S/C39H42N6O6/c1-4-11-35-42-37-26(2)22-29(38-41-32-14-7-8-15-33(32)43(38)3)23-34(37)44(35)25-27-16-18-28(19-17-27)30-12-5-6-13-31(30)39(47)40-24-36(46)50-20-9-10-21-51-45(48)49/h5-8,12-19,22-23,48-49H,4,9-11,20-21,24-25H2,1-3H3,(H,40,47). The molecule has 264 valence electrons. The van der Waals surface area contributed by atoms with E-state index < -0.39 is 5.97 Å². The van der Waals surface area contributed by atoms with E-state index >= 15 is 0 Å². The second-order valence-corrected chi connectivity index (χ2v) is 12.4. The maximum atomic E-state index is 13.1. The Morgan fingerprint density at radius 1 is 0.882 bits per heavy atom. The van der Waals surface area contributed by atoms with Crippen LogP contribution in [0.5, 0.6) is 0 Å². The highest BCUT2D eigenvalue weighted by Gasteiger charge is 2.18. The summed E-state index contributed by atoms with van der Waals surface area (Å²) >= 11 is 0. The lowest BCUT2D eigenvalue weighted by Gasteiger charge is -2.13. The highest BCUT2D eigenvalue weighted by atomic mass is 17.1. The Morgan fingerprint density at radius 2 is 1.63 bits per heavy atom. The van der Waals surface area contributed by atoms with Gasteiger partial charge in [0.15, 0.2) is 0 Å². The van der Waals surface area contributed by atoms with E-state index in [2.05, 4.69) is 70.5 Å². The van der Waals surface area contributed by atoms with Gasteiger partial charge in [-0.2, -0.15) is 0 Å². The number of hydrogen-bond donors (Lipinski definition) is 3. The van der Waals surface area contributed by atoms with Crippen LogP contribution in [0.2, 0.25) is 0 Å². The highest BCUT2D eigenvalue weighted by molar-refractivity contribution is 6.02. The Balaban J connectivity index is 1.18. The number of ether oxygens (including phenoxy) is 1. The van der Waals surface area contributed by atoms with Crippen LogP contribution in [0, 0.1) is 6.92 Å². The zero-order chi connectivity index (χ0) is 35.9. The normalized spacial score (nSPS) is 11.5. The van der Waals surface area contributed by atoms with E-state index in [-0.39, 0.29) is 31.1 Å². The molecule has 0 fully saturated rings. The van der Waals surface area contributed by atoms with E-state index in [0.29, 0.717) is 24.9 Å². The minimum absolute atomic E-state index is 0.0600. The molecule has 0 aliphatic carbocycles. The second-order valence-electron chi connectivity index (χ2n) is 12.4. The van der Waals surface area contributed by atoms with Crippen LogP contribution in [0.1, 0.15) is 53.5 Å². The maximum Gasteiger partial charge on any atom is 0.325 e. The van der Waals surface area contributed by atoms with E-state index in [1.807, 2.05) is 42.5 Å². The van der Waals surface area contributed by atoms with Gasteiger partial charge in [0.2, 0.25) is 0 Å². The van der Waals surface area contributed by atoms with E-state index in [1.165, 1.54) is 0 Å². The number of fused-ring (bicyclic) bond motifs is 2. The molecule has 0 saturated heterocycles. The van der Waals surface area contributed by atoms with Crippen molar-refractivity contribution in [2.75, 3.05) is 19.8 Å². The lowest BCUT2D eigenvalue weighted by Crippen LogP contribution is -2.31. The van der Waals surface area contributed by atoms with E-state index in [1.54, 1.807) is 12.1 Å². The molecular weight excluding hydrogens is 648 g/mol. The maximum absolute atomic E-state index is 13.1. The molecule has 12 heteroatoms. The van der Waals surface area contributed by atoms with Gasteiger partial charge < -0.3 is 19.2 Å². The topological polar surface area (TPSA) is 144 Å². The number of unbranched alkanes of at least 4 members (excludes halogenated alkanes) is 1. The van der Waals surface area contributed by atoms with Gasteiger partial charge in [0.25, 0.3) is 5.91 Å². The zero-order valence-corrected chi connectivity index (χ0v) is 29.0. The summed E-state index contributed by atoms with van der Waals surface area (Å²) in [4.78, 5) is 39.8. The average Bonchev–Trinajstić information content (AvgIpc) is 3.66. The minimum Gasteiger partial charge on any atom is -0.464 e. The molecule has 0 saturated carbocycles. The van der Waals surface area contributed by atoms with Crippen molar-refractivity contribution < 1.29 is 29.6 Å². The summed E-state index contributed by atoms with van der Waals surface area (Å²) in [7, 11) is 2.05. The van der Waals surface area contributed by atoms with Crippen LogP contribution in [-0.4, -0.2) is 66.5 Å². The van der Waals surface area contributed by atoms with Crippen molar-refractivity contribution in [3.63, 3.8) is 0 Å². The molecule has 3 N–H and O–H groups in total. The summed E-state index contributed by atoms with van der Waals surface area (Å²) in [6.07, 6.45) is 2.74. The Hall–Kier alpha value is -5.40. The average molecular weight is 691 g/mol. The van der Waals surface area contributed by atoms with Crippen LogP contribution in [0.25, 0.3) is 44.6 Å². The van der Waals surface area contributed by atoms with Crippen molar-refractivity contribution in [2.45, 2.75) is 46.1 Å². The summed E-state index contributed by atoms with van der Waals surface area (Å²) in [6.45, 7) is 4.81. The summed E-state index contributed by atoms with van der Waals surface area (Å²) in [5, 5.41) is 19.4. The number of aryl methyl sites for hydroxylation is 3. The largest absolute Gasteiger partial charge is 0.464 e. The number of benzene rings is 4. The summed E-state index contributed by atoms with van der Waals surface area (Å²) in [6, 6.07) is 28.0. The fraction of sp³-hybridized carbons (Fsp3) is 0.282. The van der Waals surface area contributed by atoms with Crippen molar-refractivity contribution in [2.24, 2.45) is 7.05 Å². The number of amides is 1. The molecule has 1 amide bonds. The first-order chi connectivity index (χ1) is 24.7. The van der Waals surface area contributed by atoms with E-state index in [0.717, 1.165) is 74.4 Å². The van der Waals surface area contributed by atoms with Gasteiger partial charge in [-0.05, 0) is 78.8 Å². The van der Waals surface area contributed by atoms with Crippen molar-refractivity contribution in [1.82, 2.24) is 29.8 Å². The van der Waals surface area contributed by atoms with Crippen LogP contribution < -0.4 is 5.32 Å². The molecule has 12 nitrogen and oxygen atoms in total. The summed E-state index contributed by atoms with van der Waals surface area (Å²) in [5.41, 5.74) is 9.44. The molecule has 4 aromatic carbocycles. The number of esters is 1. The Morgan fingerprint density at radius 3 is 2.39 bits per heavy atom. The number of aromatic nitrogens is 4. The van der Waals surface area contributed by atoms with Crippen LogP contribution in [0.4, 0.5) is 0 Å². The molecule has 6 aromatic rings. The number of hydrogen-bond acceptors (Lipinski definition) is 9. The smallest absolute Gasteiger partial charge is 0.325 e. The lowest BCUT2D eigenvalue weighted by molar-refractivity contribution is -0.492. The van der Waals surface area contributed by atoms with Crippen LogP contribution in [-0.2, 0) is 34.4 Å². The fourth-order valence-corrected chi connectivity index (χ4v) is 6.30. The van der Waals surface area contributed by atoms with Gasteiger partial charge in [-0.25, -0.2) is 9.97 Å². The fourth-order valence-electron chi connectivity index (χ4n) is 6.30. The monoisotopic (exact) mass is 690 g/mol. The molecular formula is C39H42N6O6. The zero-order valence-electron chi connectivity index (χ0n) is 29.0. The van der Waals surface area contributed by atoms with Gasteiger partial charge in [-0.1, -0.05) is 61.5 Å². The SMILES string of the molecule is CCCc1nc2c(C)cc(-c3nc4ccccc4n3C)cc2n1Cc1ccc(-c2ccccc2C(=O)NCC(=O)OCCCCON(O)O)cc1. The third kappa shape index (κ3) is 8.16. The number of nitrogens with zero attached hydrogens (tertiary/aromatic N) is 5. The lowest BCUT2D eigenvalue weighted by atomic mass is 9.98. The first-order valence-corrected chi connectivity index (χ1v) is 17.1. The van der Waals surface area contributed by atoms with Gasteiger partial charge in [-0.3, -0.25) is 24.8 Å². The van der Waals surface area contributed by atoms with Crippen molar-refractivity contribution >= 4 is 33.9 Å². The van der Waals surface area contributed by atoms with Gasteiger partial charge >= 0.3 is 5.97 Å². The molecule has 0 bridgehead atoms. The van der Waals surface area contributed by atoms with Crippen molar-refractivity contribution in [1.29, 1.82) is 0 Å². The third-order valence-corrected chi connectivity index (χ3v) is 8.82. The predicted molar refractivity (Wildman–Crippen MR) is 193 cm³/mol. The molecule has 2 aromatic heterocycles.